The number of aryl methyl sites for hydroxylation is 1. The monoisotopic (exact) mass is 330 g/mol. The normalized spacial score (nSPS) is 14.4. The van der Waals surface area contributed by atoms with Crippen molar-refractivity contribution in [2.24, 2.45) is 7.05 Å². The predicted molar refractivity (Wildman–Crippen MR) is 63.8 cm³/mol. The Balaban J connectivity index is 3.12. The maximum atomic E-state index is 12.1. The molecule has 0 radical (unpaired) electrons. The summed E-state index contributed by atoms with van der Waals surface area (Å²) < 4.78 is 26.8. The molecule has 1 rings (SSSR count). The predicted octanol–water partition coefficient (Wildman–Crippen LogP) is 0.825. The van der Waals surface area contributed by atoms with Gasteiger partial charge in [0.1, 0.15) is 0 Å². The first-order valence-corrected chi connectivity index (χ1v) is 7.09. The van der Waals surface area contributed by atoms with Gasteiger partial charge in [0.25, 0.3) is 10.0 Å². The fourth-order valence-electron chi connectivity index (χ4n) is 1.20. The van der Waals surface area contributed by atoms with Crippen LogP contribution >= 0.6 is 27.5 Å². The Hall–Kier alpha value is -0.180. The van der Waals surface area contributed by atoms with Gasteiger partial charge in [0, 0.05) is 26.0 Å². The Kier molecular flexibility index (Phi) is 4.33. The summed E-state index contributed by atoms with van der Waals surface area (Å²) >= 11 is 8.82. The number of halogens is 2. The molecule has 6 nitrogen and oxygen atoms in total. The quantitative estimate of drug-likeness (QED) is 0.766. The Labute approximate surface area is 108 Å². The van der Waals surface area contributed by atoms with Gasteiger partial charge in [-0.25, -0.2) is 13.1 Å². The summed E-state index contributed by atoms with van der Waals surface area (Å²) in [6, 6.07) is 0. The Morgan fingerprint density at radius 1 is 1.62 bits per heavy atom. The zero-order valence-corrected chi connectivity index (χ0v) is 12.2. The lowest BCUT2D eigenvalue weighted by atomic mass is 10.5. The van der Waals surface area contributed by atoms with Crippen molar-refractivity contribution in [3.05, 3.63) is 4.60 Å². The maximum absolute atomic E-state index is 12.1. The minimum absolute atomic E-state index is 0.0207. The Morgan fingerprint density at radius 3 is 2.56 bits per heavy atom. The zero-order chi connectivity index (χ0) is 12.5. The van der Waals surface area contributed by atoms with Crippen LogP contribution < -0.4 is 0 Å². The number of aromatic nitrogens is 3. The van der Waals surface area contributed by atoms with Crippen LogP contribution in [0.1, 0.15) is 6.92 Å². The Bertz CT molecular complexity index is 453. The van der Waals surface area contributed by atoms with Crippen molar-refractivity contribution in [3.8, 4) is 0 Å². The van der Waals surface area contributed by atoms with Gasteiger partial charge < -0.3 is 0 Å². The number of rotatable bonds is 4. The largest absolute Gasteiger partial charge is 0.262 e. The van der Waals surface area contributed by atoms with Crippen molar-refractivity contribution in [2.45, 2.75) is 17.3 Å². The molecule has 16 heavy (non-hydrogen) atoms. The third kappa shape index (κ3) is 2.73. The standard InChI is InChI=1S/C7H12BrClN4O2S/c1-5(9)4-12(2)16(14,15)7-6(8)10-11-13(7)3/h5H,4H2,1-3H3. The fourth-order valence-corrected chi connectivity index (χ4v) is 3.77. The van der Waals surface area contributed by atoms with E-state index < -0.39 is 10.0 Å². The van der Waals surface area contributed by atoms with E-state index in [2.05, 4.69) is 26.2 Å². The molecule has 0 aliphatic carbocycles. The molecule has 1 aromatic rings. The molecule has 92 valence electrons. The van der Waals surface area contributed by atoms with Crippen LogP contribution in [0.4, 0.5) is 0 Å². The molecule has 0 spiro atoms. The molecule has 0 bridgehead atoms. The summed E-state index contributed by atoms with van der Waals surface area (Å²) in [5, 5.41) is 7.02. The molecule has 9 heteroatoms. The number of nitrogens with zero attached hydrogens (tertiary/aromatic N) is 4. The first kappa shape index (κ1) is 13.9. The average Bonchev–Trinajstić information content (AvgIpc) is 2.45. The second kappa shape index (κ2) is 4.99. The summed E-state index contributed by atoms with van der Waals surface area (Å²) in [5.41, 5.74) is 0. The molecule has 1 aromatic heterocycles. The molecule has 0 aromatic carbocycles. The molecular formula is C7H12BrClN4O2S. The Morgan fingerprint density at radius 2 is 2.19 bits per heavy atom. The smallest absolute Gasteiger partial charge is 0.235 e. The van der Waals surface area contributed by atoms with Gasteiger partial charge in [-0.1, -0.05) is 5.21 Å². The van der Waals surface area contributed by atoms with Crippen LogP contribution in [0.2, 0.25) is 0 Å². The number of alkyl halides is 1. The lowest BCUT2D eigenvalue weighted by molar-refractivity contribution is 0.460. The maximum Gasteiger partial charge on any atom is 0.262 e. The second-order valence-corrected chi connectivity index (χ2v) is 6.83. The van der Waals surface area contributed by atoms with Crippen LogP contribution in [0.3, 0.4) is 0 Å². The third-order valence-corrected chi connectivity index (χ3v) is 4.75. The molecule has 1 unspecified atom stereocenters. The van der Waals surface area contributed by atoms with E-state index in [9.17, 15) is 8.42 Å². The topological polar surface area (TPSA) is 68.1 Å². The van der Waals surface area contributed by atoms with Gasteiger partial charge in [0.15, 0.2) is 4.60 Å². The summed E-state index contributed by atoms with van der Waals surface area (Å²) in [6.07, 6.45) is 0. The van der Waals surface area contributed by atoms with E-state index >= 15 is 0 Å². The molecule has 0 amide bonds. The molecule has 0 aliphatic heterocycles. The molecule has 0 saturated carbocycles. The van der Waals surface area contributed by atoms with E-state index in [0.29, 0.717) is 0 Å². The summed E-state index contributed by atoms with van der Waals surface area (Å²) in [6.45, 7) is 1.95. The van der Waals surface area contributed by atoms with Gasteiger partial charge in [-0.3, -0.25) is 0 Å². The first-order valence-electron chi connectivity index (χ1n) is 4.42. The zero-order valence-electron chi connectivity index (χ0n) is 9.05. The van der Waals surface area contributed by atoms with E-state index in [0.717, 1.165) is 0 Å². The van der Waals surface area contributed by atoms with Gasteiger partial charge in [-0.15, -0.1) is 16.7 Å². The van der Waals surface area contributed by atoms with Crippen molar-refractivity contribution >= 4 is 37.6 Å². The third-order valence-electron chi connectivity index (χ3n) is 1.90. The van der Waals surface area contributed by atoms with Crippen LogP contribution in [0.5, 0.6) is 0 Å². The molecule has 0 N–H and O–H groups in total. The summed E-state index contributed by atoms with van der Waals surface area (Å²) in [4.78, 5) is 0. The van der Waals surface area contributed by atoms with Crippen molar-refractivity contribution in [1.82, 2.24) is 19.3 Å². The van der Waals surface area contributed by atoms with Crippen LogP contribution in [0, 0.1) is 0 Å². The van der Waals surface area contributed by atoms with Gasteiger partial charge in [0.05, 0.1) is 0 Å². The van der Waals surface area contributed by atoms with Crippen molar-refractivity contribution in [1.29, 1.82) is 0 Å². The minimum atomic E-state index is -3.61. The van der Waals surface area contributed by atoms with Crippen LogP contribution in [0.15, 0.2) is 9.63 Å². The molecular weight excluding hydrogens is 320 g/mol. The van der Waals surface area contributed by atoms with Crippen molar-refractivity contribution in [2.75, 3.05) is 13.6 Å². The van der Waals surface area contributed by atoms with Crippen LogP contribution in [-0.2, 0) is 17.1 Å². The van der Waals surface area contributed by atoms with Gasteiger partial charge in [0.2, 0.25) is 5.03 Å². The van der Waals surface area contributed by atoms with E-state index in [1.807, 2.05) is 0 Å². The number of hydrogen-bond donors (Lipinski definition) is 0. The van der Waals surface area contributed by atoms with Gasteiger partial charge in [-0.2, -0.15) is 4.31 Å². The number of sulfonamides is 1. The molecule has 1 heterocycles. The van der Waals surface area contributed by atoms with Crippen molar-refractivity contribution in [3.63, 3.8) is 0 Å². The van der Waals surface area contributed by atoms with Gasteiger partial charge in [-0.05, 0) is 22.9 Å². The molecule has 0 fully saturated rings. The SMILES string of the molecule is CC(Cl)CN(C)S(=O)(=O)c1c(Br)nnn1C. The van der Waals surface area contributed by atoms with Crippen LogP contribution in [0.25, 0.3) is 0 Å². The summed E-state index contributed by atoms with van der Waals surface area (Å²) in [7, 11) is -0.630. The first-order chi connectivity index (χ1) is 7.26. The average molecular weight is 332 g/mol. The van der Waals surface area contributed by atoms with Gasteiger partial charge >= 0.3 is 0 Å². The highest BCUT2D eigenvalue weighted by Crippen LogP contribution is 2.21. The highest BCUT2D eigenvalue weighted by atomic mass is 79.9. The highest BCUT2D eigenvalue weighted by Gasteiger charge is 2.28. The lowest BCUT2D eigenvalue weighted by Gasteiger charge is -2.17. The molecule has 0 saturated heterocycles. The lowest BCUT2D eigenvalue weighted by Crippen LogP contribution is -2.32. The van der Waals surface area contributed by atoms with Crippen LogP contribution in [-0.4, -0.2) is 46.7 Å². The molecule has 0 aliphatic rings. The van der Waals surface area contributed by atoms with Crippen molar-refractivity contribution < 1.29 is 8.42 Å². The second-order valence-electron chi connectivity index (χ2n) is 3.38. The van der Waals surface area contributed by atoms with E-state index in [1.54, 1.807) is 6.92 Å². The van der Waals surface area contributed by atoms with E-state index in [4.69, 9.17) is 11.6 Å². The molecule has 1 atom stereocenters. The number of hydrogen-bond acceptors (Lipinski definition) is 4. The summed E-state index contributed by atoms with van der Waals surface area (Å²) in [5.74, 6) is 0. The van der Waals surface area contributed by atoms with E-state index in [1.165, 1.54) is 23.1 Å². The van der Waals surface area contributed by atoms with E-state index in [-0.39, 0.29) is 21.6 Å². The fraction of sp³-hybridized carbons (Fsp3) is 0.714. The minimum Gasteiger partial charge on any atom is -0.235 e. The highest BCUT2D eigenvalue weighted by molar-refractivity contribution is 9.10.